The van der Waals surface area contributed by atoms with Gasteiger partial charge in [0.25, 0.3) is 0 Å². The third kappa shape index (κ3) is 4.79. The van der Waals surface area contributed by atoms with Crippen molar-refractivity contribution in [1.82, 2.24) is 0 Å². The van der Waals surface area contributed by atoms with Gasteiger partial charge in [0, 0.05) is 17.5 Å². The molecule has 0 atom stereocenters. The molecule has 0 bridgehead atoms. The topological polar surface area (TPSA) is 50.4 Å². The minimum atomic E-state index is -0.0511. The highest BCUT2D eigenvalue weighted by Gasteiger charge is 2.05. The Hall–Kier alpha value is -2.01. The van der Waals surface area contributed by atoms with Gasteiger partial charge in [-0.15, -0.1) is 11.3 Å². The van der Waals surface area contributed by atoms with Crippen molar-refractivity contribution < 1.29 is 9.53 Å². The zero-order chi connectivity index (χ0) is 15.2. The lowest BCUT2D eigenvalue weighted by Crippen LogP contribution is -2.08. The summed E-state index contributed by atoms with van der Waals surface area (Å²) in [5.74, 6) is 0.815. The van der Waals surface area contributed by atoms with E-state index in [0.29, 0.717) is 6.54 Å². The average Bonchev–Trinajstić information content (AvgIpc) is 2.84. The number of rotatable bonds is 6. The van der Waals surface area contributed by atoms with Crippen LogP contribution in [0.25, 0.3) is 0 Å². The summed E-state index contributed by atoms with van der Waals surface area (Å²) in [5.41, 5.74) is 1.90. The van der Waals surface area contributed by atoms with Crippen LogP contribution in [-0.2, 0) is 11.3 Å². The number of hydrogen-bond acceptors (Lipinski definition) is 4. The van der Waals surface area contributed by atoms with E-state index in [-0.39, 0.29) is 12.0 Å². The molecule has 4 nitrogen and oxygen atoms in total. The summed E-state index contributed by atoms with van der Waals surface area (Å²) >= 11 is 1.62. The normalized spacial score (nSPS) is 10.5. The molecule has 1 aromatic carbocycles. The summed E-state index contributed by atoms with van der Waals surface area (Å²) in [6, 6.07) is 9.80. The van der Waals surface area contributed by atoms with Crippen LogP contribution in [0.5, 0.6) is 5.75 Å². The van der Waals surface area contributed by atoms with Gasteiger partial charge in [-0.2, -0.15) is 0 Å². The predicted octanol–water partition coefficient (Wildman–Crippen LogP) is 4.11. The summed E-state index contributed by atoms with van der Waals surface area (Å²) < 4.78 is 5.61. The largest absolute Gasteiger partial charge is 0.491 e. The molecule has 0 spiro atoms. The van der Waals surface area contributed by atoms with Gasteiger partial charge in [0.2, 0.25) is 5.91 Å². The predicted molar refractivity (Wildman–Crippen MR) is 88.2 cm³/mol. The molecule has 1 aromatic heterocycles. The van der Waals surface area contributed by atoms with E-state index in [1.807, 2.05) is 49.6 Å². The maximum Gasteiger partial charge on any atom is 0.221 e. The number of nitrogens with one attached hydrogen (secondary N) is 2. The Bertz CT molecular complexity index is 591. The number of thiophene rings is 1. The van der Waals surface area contributed by atoms with Gasteiger partial charge in [0.15, 0.2) is 0 Å². The third-order valence-corrected chi connectivity index (χ3v) is 3.66. The lowest BCUT2D eigenvalue weighted by molar-refractivity contribution is -0.114. The second-order valence-electron chi connectivity index (χ2n) is 4.98. The first-order chi connectivity index (χ1) is 10.0. The number of carbonyl (C=O) groups excluding carboxylic acids is 1. The molecule has 0 saturated carbocycles. The van der Waals surface area contributed by atoms with E-state index in [2.05, 4.69) is 10.6 Å². The molecule has 2 rings (SSSR count). The molecule has 0 radical (unpaired) electrons. The van der Waals surface area contributed by atoms with Crippen molar-refractivity contribution in [3.05, 3.63) is 40.6 Å². The lowest BCUT2D eigenvalue weighted by Gasteiger charge is -2.11. The molecule has 5 heteroatoms. The van der Waals surface area contributed by atoms with Gasteiger partial charge in [-0.1, -0.05) is 0 Å². The molecule has 0 aliphatic carbocycles. The van der Waals surface area contributed by atoms with Gasteiger partial charge < -0.3 is 15.4 Å². The zero-order valence-electron chi connectivity index (χ0n) is 12.5. The van der Waals surface area contributed by atoms with Gasteiger partial charge in [0.1, 0.15) is 5.75 Å². The van der Waals surface area contributed by atoms with Crippen molar-refractivity contribution in [2.75, 3.05) is 10.6 Å². The fourth-order valence-corrected chi connectivity index (χ4v) is 2.65. The Balaban J connectivity index is 1.94. The molecule has 2 N–H and O–H groups in total. The van der Waals surface area contributed by atoms with Crippen molar-refractivity contribution in [2.24, 2.45) is 0 Å². The van der Waals surface area contributed by atoms with Crippen LogP contribution in [0.3, 0.4) is 0 Å². The van der Waals surface area contributed by atoms with E-state index in [9.17, 15) is 4.79 Å². The molecule has 1 amide bonds. The molecule has 21 heavy (non-hydrogen) atoms. The Morgan fingerprint density at radius 2 is 1.95 bits per heavy atom. The average molecular weight is 304 g/mol. The minimum absolute atomic E-state index is 0.0511. The molecule has 0 fully saturated rings. The maximum atomic E-state index is 11.1. The first kappa shape index (κ1) is 15.4. The minimum Gasteiger partial charge on any atom is -0.491 e. The zero-order valence-corrected chi connectivity index (χ0v) is 13.3. The van der Waals surface area contributed by atoms with Crippen molar-refractivity contribution in [1.29, 1.82) is 0 Å². The highest BCUT2D eigenvalue weighted by Crippen LogP contribution is 2.24. The third-order valence-electron chi connectivity index (χ3n) is 2.74. The van der Waals surface area contributed by atoms with E-state index in [1.54, 1.807) is 11.3 Å². The van der Waals surface area contributed by atoms with Crippen molar-refractivity contribution in [3.8, 4) is 5.75 Å². The summed E-state index contributed by atoms with van der Waals surface area (Å²) in [6.07, 6.45) is 0.176. The molecular weight excluding hydrogens is 284 g/mol. The van der Waals surface area contributed by atoms with E-state index < -0.39 is 0 Å². The number of carbonyl (C=O) groups is 1. The van der Waals surface area contributed by atoms with E-state index in [4.69, 9.17) is 4.74 Å². The molecule has 2 aromatic rings. The SMILES string of the molecule is CC(=O)Nc1ccsc1CNc1ccc(OC(C)C)cc1. The van der Waals surface area contributed by atoms with Crippen LogP contribution in [0.1, 0.15) is 25.6 Å². The van der Waals surface area contributed by atoms with Crippen molar-refractivity contribution in [3.63, 3.8) is 0 Å². The first-order valence-electron chi connectivity index (χ1n) is 6.89. The molecule has 0 aliphatic heterocycles. The van der Waals surface area contributed by atoms with Crippen LogP contribution < -0.4 is 15.4 Å². The summed E-state index contributed by atoms with van der Waals surface area (Å²) in [7, 11) is 0. The first-order valence-corrected chi connectivity index (χ1v) is 7.77. The Kier molecular flexibility index (Phi) is 5.22. The van der Waals surface area contributed by atoms with Gasteiger partial charge in [-0.3, -0.25) is 4.79 Å². The van der Waals surface area contributed by atoms with Gasteiger partial charge in [-0.25, -0.2) is 0 Å². The lowest BCUT2D eigenvalue weighted by atomic mass is 10.3. The van der Waals surface area contributed by atoms with Crippen LogP contribution >= 0.6 is 11.3 Å². The smallest absolute Gasteiger partial charge is 0.221 e. The standard InChI is InChI=1S/C16H20N2O2S/c1-11(2)20-14-6-4-13(5-7-14)17-10-16-15(8-9-21-16)18-12(3)19/h4-9,11,17H,10H2,1-3H3,(H,18,19). The van der Waals surface area contributed by atoms with Gasteiger partial charge in [-0.05, 0) is 49.6 Å². The summed E-state index contributed by atoms with van der Waals surface area (Å²) in [6.45, 7) is 6.21. The number of amides is 1. The van der Waals surface area contributed by atoms with Crippen molar-refractivity contribution >= 4 is 28.6 Å². The Morgan fingerprint density at radius 3 is 2.57 bits per heavy atom. The van der Waals surface area contributed by atoms with Crippen LogP contribution in [0.15, 0.2) is 35.7 Å². The van der Waals surface area contributed by atoms with E-state index >= 15 is 0 Å². The maximum absolute atomic E-state index is 11.1. The Labute approximate surface area is 129 Å². The fourth-order valence-electron chi connectivity index (χ4n) is 1.88. The van der Waals surface area contributed by atoms with Gasteiger partial charge in [0.05, 0.1) is 18.3 Å². The van der Waals surface area contributed by atoms with Crippen LogP contribution in [-0.4, -0.2) is 12.0 Å². The fraction of sp³-hybridized carbons (Fsp3) is 0.312. The highest BCUT2D eigenvalue weighted by molar-refractivity contribution is 7.10. The van der Waals surface area contributed by atoms with Crippen LogP contribution in [0.4, 0.5) is 11.4 Å². The monoisotopic (exact) mass is 304 g/mol. The van der Waals surface area contributed by atoms with E-state index in [1.165, 1.54) is 6.92 Å². The highest BCUT2D eigenvalue weighted by atomic mass is 32.1. The second-order valence-corrected chi connectivity index (χ2v) is 5.98. The molecule has 0 saturated heterocycles. The summed E-state index contributed by atoms with van der Waals surface area (Å²) in [4.78, 5) is 12.2. The molecule has 0 unspecified atom stereocenters. The number of benzene rings is 1. The van der Waals surface area contributed by atoms with Crippen molar-refractivity contribution in [2.45, 2.75) is 33.4 Å². The van der Waals surface area contributed by atoms with Gasteiger partial charge >= 0.3 is 0 Å². The van der Waals surface area contributed by atoms with Crippen LogP contribution in [0, 0.1) is 0 Å². The number of ether oxygens (including phenoxy) is 1. The molecule has 1 heterocycles. The quantitative estimate of drug-likeness (QED) is 0.844. The van der Waals surface area contributed by atoms with E-state index in [0.717, 1.165) is 22.0 Å². The Morgan fingerprint density at radius 1 is 1.24 bits per heavy atom. The molecule has 112 valence electrons. The molecule has 0 aliphatic rings. The second kappa shape index (κ2) is 7.13. The van der Waals surface area contributed by atoms with Crippen LogP contribution in [0.2, 0.25) is 0 Å². The molecular formula is C16H20N2O2S. The number of anilines is 2. The number of hydrogen-bond donors (Lipinski definition) is 2. The summed E-state index contributed by atoms with van der Waals surface area (Å²) in [5, 5.41) is 8.15.